The number of ether oxygens (including phenoxy) is 1. The van der Waals surface area contributed by atoms with Gasteiger partial charge in [-0.25, -0.2) is 4.79 Å². The van der Waals surface area contributed by atoms with Crippen LogP contribution in [0.2, 0.25) is 39.3 Å². The van der Waals surface area contributed by atoms with E-state index in [1.165, 1.54) is 0 Å². The van der Waals surface area contributed by atoms with Gasteiger partial charge in [-0.2, -0.15) is 0 Å². The maximum atomic E-state index is 11.4. The number of rotatable bonds is 8. The zero-order valence-electron chi connectivity index (χ0n) is 13.3. The quantitative estimate of drug-likeness (QED) is 0.392. The fourth-order valence-corrected chi connectivity index (χ4v) is 3.07. The number of carbonyl (C=O) groups is 1. The second kappa shape index (κ2) is 7.37. The Bertz CT molecular complexity index is 316. The summed E-state index contributed by atoms with van der Waals surface area (Å²) in [5, 5.41) is 0. The molecular weight excluding hydrogens is 276 g/mol. The van der Waals surface area contributed by atoms with Crippen LogP contribution in [0.3, 0.4) is 0 Å². The van der Waals surface area contributed by atoms with Crippen LogP contribution in [0.4, 0.5) is 0 Å². The summed E-state index contributed by atoms with van der Waals surface area (Å²) in [5.41, 5.74) is 0.401. The summed E-state index contributed by atoms with van der Waals surface area (Å²) in [6.07, 6.45) is -0.193. The molecule has 1 unspecified atom stereocenters. The molecule has 0 heterocycles. The van der Waals surface area contributed by atoms with Gasteiger partial charge in [0, 0.05) is 5.57 Å². The van der Waals surface area contributed by atoms with Crippen LogP contribution >= 0.6 is 0 Å². The van der Waals surface area contributed by atoms with E-state index < -0.39 is 16.6 Å². The Balaban J connectivity index is 4.42. The summed E-state index contributed by atoms with van der Waals surface area (Å²) < 4.78 is 17.0. The van der Waals surface area contributed by atoms with Crippen LogP contribution in [0.1, 0.15) is 6.92 Å². The molecule has 4 nitrogen and oxygen atoms in total. The molecule has 0 rings (SSSR count). The second-order valence-corrected chi connectivity index (χ2v) is 15.6. The van der Waals surface area contributed by atoms with Gasteiger partial charge >= 0.3 is 5.97 Å². The molecule has 0 bridgehead atoms. The minimum absolute atomic E-state index is 0.193. The Morgan fingerprint density at radius 3 is 1.95 bits per heavy atom. The molecule has 0 aliphatic carbocycles. The lowest BCUT2D eigenvalue weighted by atomic mass is 10.3. The molecule has 112 valence electrons. The molecule has 0 spiro atoms. The van der Waals surface area contributed by atoms with Crippen LogP contribution in [-0.2, 0) is 18.4 Å². The maximum Gasteiger partial charge on any atom is 0.333 e. The standard InChI is InChI=1S/C13H28O4Si2/c1-11(2)13(14)15-9-12(17-19(6,7)8)10-16-18(3,4)5/h12H,1,9-10H2,2-8H3. The van der Waals surface area contributed by atoms with Gasteiger partial charge in [-0.05, 0) is 46.2 Å². The second-order valence-electron chi connectivity index (χ2n) is 6.65. The lowest BCUT2D eigenvalue weighted by Crippen LogP contribution is -2.40. The minimum atomic E-state index is -1.69. The molecule has 0 aliphatic heterocycles. The van der Waals surface area contributed by atoms with Crippen LogP contribution in [0, 0.1) is 0 Å². The van der Waals surface area contributed by atoms with Gasteiger partial charge in [0.25, 0.3) is 0 Å². The Morgan fingerprint density at radius 2 is 1.58 bits per heavy atom. The maximum absolute atomic E-state index is 11.4. The third-order valence-electron chi connectivity index (χ3n) is 1.97. The Morgan fingerprint density at radius 1 is 1.05 bits per heavy atom. The average molecular weight is 305 g/mol. The van der Waals surface area contributed by atoms with Crippen molar-refractivity contribution in [1.82, 2.24) is 0 Å². The van der Waals surface area contributed by atoms with Crippen molar-refractivity contribution in [3.63, 3.8) is 0 Å². The van der Waals surface area contributed by atoms with Crippen molar-refractivity contribution in [3.05, 3.63) is 12.2 Å². The van der Waals surface area contributed by atoms with E-state index in [0.717, 1.165) is 0 Å². The Hall–Kier alpha value is -0.436. The largest absolute Gasteiger partial charge is 0.460 e. The lowest BCUT2D eigenvalue weighted by molar-refractivity contribution is -0.142. The van der Waals surface area contributed by atoms with Crippen LogP contribution in [0.25, 0.3) is 0 Å². The number of carbonyl (C=O) groups excluding carboxylic acids is 1. The van der Waals surface area contributed by atoms with E-state index >= 15 is 0 Å². The molecule has 0 fully saturated rings. The fourth-order valence-electron chi connectivity index (χ4n) is 1.25. The zero-order chi connectivity index (χ0) is 15.3. The van der Waals surface area contributed by atoms with Gasteiger partial charge in [0.1, 0.15) is 12.7 Å². The molecular formula is C13H28O4Si2. The molecule has 0 aliphatic rings. The molecule has 0 aromatic rings. The van der Waals surface area contributed by atoms with Crippen molar-refractivity contribution in [1.29, 1.82) is 0 Å². The van der Waals surface area contributed by atoms with Crippen molar-refractivity contribution in [2.75, 3.05) is 13.2 Å². The summed E-state index contributed by atoms with van der Waals surface area (Å²) in [7, 11) is -3.29. The van der Waals surface area contributed by atoms with Crippen LogP contribution < -0.4 is 0 Å². The van der Waals surface area contributed by atoms with Crippen LogP contribution in [-0.4, -0.2) is 41.9 Å². The smallest absolute Gasteiger partial charge is 0.333 e. The molecule has 19 heavy (non-hydrogen) atoms. The number of hydrogen-bond acceptors (Lipinski definition) is 4. The summed E-state index contributed by atoms with van der Waals surface area (Å²) in [4.78, 5) is 11.4. The van der Waals surface area contributed by atoms with Crippen molar-refractivity contribution in [2.24, 2.45) is 0 Å². The molecule has 0 saturated carbocycles. The van der Waals surface area contributed by atoms with E-state index in [9.17, 15) is 4.79 Å². The van der Waals surface area contributed by atoms with E-state index in [1.807, 2.05) is 0 Å². The predicted octanol–water partition coefficient (Wildman–Crippen LogP) is 3.18. The van der Waals surface area contributed by atoms with Crippen molar-refractivity contribution in [3.8, 4) is 0 Å². The third kappa shape index (κ3) is 11.1. The average Bonchev–Trinajstić information content (AvgIpc) is 2.18. The minimum Gasteiger partial charge on any atom is -0.460 e. The van der Waals surface area contributed by atoms with Gasteiger partial charge in [-0.1, -0.05) is 6.58 Å². The van der Waals surface area contributed by atoms with Gasteiger partial charge in [0.15, 0.2) is 16.6 Å². The van der Waals surface area contributed by atoms with E-state index in [-0.39, 0.29) is 18.7 Å². The highest BCUT2D eigenvalue weighted by Crippen LogP contribution is 2.12. The third-order valence-corrected chi connectivity index (χ3v) is 4.04. The first kappa shape index (κ1) is 18.6. The predicted molar refractivity (Wildman–Crippen MR) is 83.3 cm³/mol. The van der Waals surface area contributed by atoms with Crippen LogP contribution in [0.15, 0.2) is 12.2 Å². The number of esters is 1. The highest BCUT2D eigenvalue weighted by atomic mass is 28.4. The topological polar surface area (TPSA) is 44.8 Å². The van der Waals surface area contributed by atoms with E-state index in [1.54, 1.807) is 6.92 Å². The molecule has 6 heteroatoms. The molecule has 0 amide bonds. The van der Waals surface area contributed by atoms with Crippen molar-refractivity contribution >= 4 is 22.6 Å². The molecule has 0 aromatic carbocycles. The highest BCUT2D eigenvalue weighted by Gasteiger charge is 2.25. The van der Waals surface area contributed by atoms with E-state index in [0.29, 0.717) is 12.2 Å². The molecule has 0 aromatic heterocycles. The van der Waals surface area contributed by atoms with E-state index in [4.69, 9.17) is 13.6 Å². The van der Waals surface area contributed by atoms with Gasteiger partial charge < -0.3 is 13.6 Å². The molecule has 0 radical (unpaired) electrons. The Labute approximate surface area is 119 Å². The van der Waals surface area contributed by atoms with Crippen LogP contribution in [0.5, 0.6) is 0 Å². The Kier molecular flexibility index (Phi) is 7.20. The zero-order valence-corrected chi connectivity index (χ0v) is 15.3. The normalized spacial score (nSPS) is 14.1. The molecule has 1 atom stereocenters. The summed E-state index contributed by atoms with van der Waals surface area (Å²) in [6, 6.07) is 0. The molecule has 0 saturated heterocycles. The monoisotopic (exact) mass is 304 g/mol. The summed E-state index contributed by atoms with van der Waals surface area (Å²) in [6.45, 7) is 18.6. The first-order valence-electron chi connectivity index (χ1n) is 6.55. The van der Waals surface area contributed by atoms with Gasteiger partial charge in [-0.3, -0.25) is 0 Å². The number of hydrogen-bond donors (Lipinski definition) is 0. The first-order chi connectivity index (χ1) is 8.41. The van der Waals surface area contributed by atoms with Gasteiger partial charge in [0.2, 0.25) is 0 Å². The van der Waals surface area contributed by atoms with Gasteiger partial charge in [-0.15, -0.1) is 0 Å². The van der Waals surface area contributed by atoms with Crippen molar-refractivity contribution < 1.29 is 18.4 Å². The molecule has 0 N–H and O–H groups in total. The highest BCUT2D eigenvalue weighted by molar-refractivity contribution is 6.70. The lowest BCUT2D eigenvalue weighted by Gasteiger charge is -2.28. The summed E-state index contributed by atoms with van der Waals surface area (Å²) in [5.74, 6) is -0.378. The van der Waals surface area contributed by atoms with Gasteiger partial charge in [0.05, 0.1) is 6.61 Å². The van der Waals surface area contributed by atoms with Crippen molar-refractivity contribution in [2.45, 2.75) is 52.3 Å². The van der Waals surface area contributed by atoms with E-state index in [2.05, 4.69) is 45.9 Å². The first-order valence-corrected chi connectivity index (χ1v) is 13.4. The summed E-state index contributed by atoms with van der Waals surface area (Å²) >= 11 is 0. The SMILES string of the molecule is C=C(C)C(=O)OCC(CO[Si](C)(C)C)O[Si](C)(C)C. The fraction of sp³-hybridized carbons (Fsp3) is 0.769.